The molecule has 0 radical (unpaired) electrons. The Labute approximate surface area is 109 Å². The summed E-state index contributed by atoms with van der Waals surface area (Å²) < 4.78 is 11.3. The first-order chi connectivity index (χ1) is 8.58. The first-order valence-corrected chi connectivity index (χ1v) is 6.53. The van der Waals surface area contributed by atoms with E-state index in [2.05, 4.69) is 4.98 Å². The monoisotopic (exact) mass is 253 g/mol. The molecule has 1 atom stereocenters. The molecule has 0 saturated heterocycles. The highest BCUT2D eigenvalue weighted by Gasteiger charge is 2.16. The lowest BCUT2D eigenvalue weighted by Crippen LogP contribution is -2.14. The van der Waals surface area contributed by atoms with Crippen LogP contribution in [0.4, 0.5) is 0 Å². The Hall–Kier alpha value is -1.29. The zero-order valence-electron chi connectivity index (χ0n) is 11.6. The fraction of sp³-hybridized carbons (Fsp3) is 0.643. The van der Waals surface area contributed by atoms with Crippen molar-refractivity contribution in [3.63, 3.8) is 0 Å². The average molecular weight is 253 g/mol. The molecule has 1 unspecified atom stereocenters. The molecule has 1 aromatic heterocycles. The van der Waals surface area contributed by atoms with E-state index in [4.69, 9.17) is 9.47 Å². The fourth-order valence-corrected chi connectivity index (χ4v) is 1.63. The third-order valence-electron chi connectivity index (χ3n) is 2.51. The van der Waals surface area contributed by atoms with Gasteiger partial charge in [-0.05, 0) is 33.3 Å². The quantitative estimate of drug-likeness (QED) is 0.811. The number of nitrogens with zero attached hydrogens (tertiary/aromatic N) is 1. The molecule has 0 aromatic carbocycles. The summed E-state index contributed by atoms with van der Waals surface area (Å²) in [6.07, 6.45) is 2.65. The van der Waals surface area contributed by atoms with Crippen LogP contribution in [0.3, 0.4) is 0 Å². The highest BCUT2D eigenvalue weighted by atomic mass is 16.5. The molecule has 0 fully saturated rings. The second-order valence-electron chi connectivity index (χ2n) is 4.47. The number of aliphatic hydroxyl groups is 1. The van der Waals surface area contributed by atoms with Gasteiger partial charge in [-0.3, -0.25) is 0 Å². The minimum absolute atomic E-state index is 0.0472. The normalized spacial score (nSPS) is 12.6. The van der Waals surface area contributed by atoms with Crippen LogP contribution in [0.1, 0.15) is 39.7 Å². The van der Waals surface area contributed by atoms with Crippen molar-refractivity contribution in [3.05, 3.63) is 17.8 Å². The molecule has 0 amide bonds. The lowest BCUT2D eigenvalue weighted by molar-refractivity contribution is 0.166. The summed E-state index contributed by atoms with van der Waals surface area (Å²) in [4.78, 5) is 4.19. The van der Waals surface area contributed by atoms with Crippen molar-refractivity contribution < 1.29 is 14.6 Å². The van der Waals surface area contributed by atoms with Crippen LogP contribution in [0.25, 0.3) is 0 Å². The number of rotatable bonds is 7. The van der Waals surface area contributed by atoms with Gasteiger partial charge >= 0.3 is 0 Å². The van der Waals surface area contributed by atoms with Gasteiger partial charge in [-0.1, -0.05) is 6.92 Å². The molecule has 102 valence electrons. The van der Waals surface area contributed by atoms with Gasteiger partial charge in [0.25, 0.3) is 5.88 Å². The molecule has 1 N–H and O–H groups in total. The van der Waals surface area contributed by atoms with Crippen molar-refractivity contribution in [3.8, 4) is 11.6 Å². The SMILES string of the molecule is CCOc1nccc(CC(O)CC)c1OC(C)C. The summed E-state index contributed by atoms with van der Waals surface area (Å²) in [5.74, 6) is 1.16. The predicted octanol–water partition coefficient (Wildman–Crippen LogP) is 2.58. The van der Waals surface area contributed by atoms with Gasteiger partial charge in [0.15, 0.2) is 5.75 Å². The molecular weight excluding hydrogens is 230 g/mol. The lowest BCUT2D eigenvalue weighted by Gasteiger charge is -2.18. The number of hydrogen-bond donors (Lipinski definition) is 1. The van der Waals surface area contributed by atoms with Gasteiger partial charge < -0.3 is 14.6 Å². The Kier molecular flexibility index (Phi) is 5.92. The maximum absolute atomic E-state index is 9.77. The van der Waals surface area contributed by atoms with E-state index in [1.807, 2.05) is 33.8 Å². The van der Waals surface area contributed by atoms with Gasteiger partial charge in [0.1, 0.15) is 0 Å². The van der Waals surface area contributed by atoms with Crippen LogP contribution < -0.4 is 9.47 Å². The van der Waals surface area contributed by atoms with Crippen molar-refractivity contribution in [1.29, 1.82) is 0 Å². The van der Waals surface area contributed by atoms with E-state index in [0.717, 1.165) is 5.56 Å². The van der Waals surface area contributed by atoms with Crippen LogP contribution in [0, 0.1) is 0 Å². The summed E-state index contributed by atoms with van der Waals surface area (Å²) in [6.45, 7) is 8.33. The molecule has 4 nitrogen and oxygen atoms in total. The van der Waals surface area contributed by atoms with E-state index < -0.39 is 0 Å². The number of aromatic nitrogens is 1. The molecule has 18 heavy (non-hydrogen) atoms. The van der Waals surface area contributed by atoms with Gasteiger partial charge in [0.2, 0.25) is 0 Å². The van der Waals surface area contributed by atoms with E-state index >= 15 is 0 Å². The summed E-state index contributed by atoms with van der Waals surface area (Å²) >= 11 is 0. The van der Waals surface area contributed by atoms with E-state index in [-0.39, 0.29) is 12.2 Å². The van der Waals surface area contributed by atoms with E-state index in [0.29, 0.717) is 31.1 Å². The molecule has 0 bridgehead atoms. The van der Waals surface area contributed by atoms with Crippen molar-refractivity contribution in [2.45, 2.75) is 52.7 Å². The maximum atomic E-state index is 9.77. The van der Waals surface area contributed by atoms with Gasteiger partial charge in [0.05, 0.1) is 18.8 Å². The fourth-order valence-electron chi connectivity index (χ4n) is 1.63. The first kappa shape index (κ1) is 14.8. The predicted molar refractivity (Wildman–Crippen MR) is 71.2 cm³/mol. The van der Waals surface area contributed by atoms with Crippen molar-refractivity contribution in [2.75, 3.05) is 6.61 Å². The standard InChI is InChI=1S/C14H23NO3/c1-5-12(16)9-11-7-8-15-14(17-6-2)13(11)18-10(3)4/h7-8,10,12,16H,5-6,9H2,1-4H3. The minimum atomic E-state index is -0.364. The van der Waals surface area contributed by atoms with Crippen LogP contribution in [0.2, 0.25) is 0 Å². The smallest absolute Gasteiger partial charge is 0.257 e. The molecule has 1 aromatic rings. The number of ether oxygens (including phenoxy) is 2. The third-order valence-corrected chi connectivity index (χ3v) is 2.51. The Morgan fingerprint density at radius 2 is 2.06 bits per heavy atom. The minimum Gasteiger partial charge on any atom is -0.485 e. The highest BCUT2D eigenvalue weighted by molar-refractivity contribution is 5.42. The second kappa shape index (κ2) is 7.21. The topological polar surface area (TPSA) is 51.6 Å². The molecule has 0 aliphatic rings. The van der Waals surface area contributed by atoms with Gasteiger partial charge in [0, 0.05) is 18.2 Å². The third kappa shape index (κ3) is 4.18. The van der Waals surface area contributed by atoms with Crippen molar-refractivity contribution >= 4 is 0 Å². The van der Waals surface area contributed by atoms with Crippen LogP contribution in [-0.4, -0.2) is 28.9 Å². The van der Waals surface area contributed by atoms with E-state index in [1.54, 1.807) is 6.20 Å². The molecule has 1 rings (SSSR count). The molecular formula is C14H23NO3. The van der Waals surface area contributed by atoms with Crippen LogP contribution >= 0.6 is 0 Å². The lowest BCUT2D eigenvalue weighted by atomic mass is 10.1. The van der Waals surface area contributed by atoms with Crippen molar-refractivity contribution in [2.24, 2.45) is 0 Å². The summed E-state index contributed by atoms with van der Waals surface area (Å²) in [5, 5.41) is 9.77. The summed E-state index contributed by atoms with van der Waals surface area (Å²) in [7, 11) is 0. The molecule has 4 heteroatoms. The Morgan fingerprint density at radius 1 is 1.33 bits per heavy atom. The molecule has 1 heterocycles. The molecule has 0 aliphatic heterocycles. The number of hydrogen-bond acceptors (Lipinski definition) is 4. The Bertz CT molecular complexity index is 366. The summed E-state index contributed by atoms with van der Waals surface area (Å²) in [6, 6.07) is 1.87. The maximum Gasteiger partial charge on any atom is 0.257 e. The van der Waals surface area contributed by atoms with E-state index in [9.17, 15) is 5.11 Å². The molecule has 0 spiro atoms. The zero-order valence-corrected chi connectivity index (χ0v) is 11.6. The average Bonchev–Trinajstić information content (AvgIpc) is 2.32. The van der Waals surface area contributed by atoms with Gasteiger partial charge in [-0.15, -0.1) is 0 Å². The molecule has 0 aliphatic carbocycles. The van der Waals surface area contributed by atoms with Crippen LogP contribution in [-0.2, 0) is 6.42 Å². The zero-order chi connectivity index (χ0) is 13.5. The highest BCUT2D eigenvalue weighted by Crippen LogP contribution is 2.31. The largest absolute Gasteiger partial charge is 0.485 e. The van der Waals surface area contributed by atoms with Crippen LogP contribution in [0.5, 0.6) is 11.6 Å². The first-order valence-electron chi connectivity index (χ1n) is 6.53. The molecule has 0 saturated carbocycles. The van der Waals surface area contributed by atoms with Gasteiger partial charge in [-0.2, -0.15) is 0 Å². The number of aliphatic hydroxyl groups excluding tert-OH is 1. The Morgan fingerprint density at radius 3 is 2.61 bits per heavy atom. The van der Waals surface area contributed by atoms with E-state index in [1.165, 1.54) is 0 Å². The Balaban J connectivity index is 3.02. The number of pyridine rings is 1. The van der Waals surface area contributed by atoms with Gasteiger partial charge in [-0.25, -0.2) is 4.98 Å². The van der Waals surface area contributed by atoms with Crippen LogP contribution in [0.15, 0.2) is 12.3 Å². The van der Waals surface area contributed by atoms with Crippen molar-refractivity contribution in [1.82, 2.24) is 4.98 Å². The summed E-state index contributed by atoms with van der Waals surface area (Å²) in [5.41, 5.74) is 0.941. The second-order valence-corrected chi connectivity index (χ2v) is 4.47.